The van der Waals surface area contributed by atoms with Gasteiger partial charge in [0.1, 0.15) is 17.6 Å². The lowest BCUT2D eigenvalue weighted by Crippen LogP contribution is -1.89. The maximum absolute atomic E-state index is 8.91. The lowest BCUT2D eigenvalue weighted by atomic mass is 10.2. The second-order valence-corrected chi connectivity index (χ2v) is 5.24. The summed E-state index contributed by atoms with van der Waals surface area (Å²) in [6, 6.07) is 9.76. The molecule has 3 rings (SSSR count). The largest absolute Gasteiger partial charge is 0.496 e. The van der Waals surface area contributed by atoms with E-state index in [9.17, 15) is 0 Å². The topological polar surface area (TPSA) is 74.6 Å². The number of methoxy groups -OCH3 is 1. The number of nitrogens with zero attached hydrogens (tertiary/aromatic N) is 3. The Bertz CT molecular complexity index is 850. The zero-order valence-corrected chi connectivity index (χ0v) is 12.4. The molecule has 0 aliphatic heterocycles. The number of aromatic amines is 1. The number of hydrogen-bond acceptors (Lipinski definition) is 5. The number of nitriles is 1. The molecule has 0 amide bonds. The summed E-state index contributed by atoms with van der Waals surface area (Å²) in [6.45, 7) is 0. The van der Waals surface area contributed by atoms with Crippen molar-refractivity contribution in [1.82, 2.24) is 15.0 Å². The second kappa shape index (κ2) is 5.46. The minimum Gasteiger partial charge on any atom is -0.496 e. The number of hydrogen-bond donors (Lipinski definition) is 1. The molecule has 0 bridgehead atoms. The number of pyridine rings is 1. The third kappa shape index (κ3) is 2.43. The molecule has 0 atom stereocenters. The number of fused-ring (bicyclic) bond motifs is 1. The molecular formula is C15H12N4OS. The van der Waals surface area contributed by atoms with E-state index in [-0.39, 0.29) is 0 Å². The molecule has 0 saturated heterocycles. The summed E-state index contributed by atoms with van der Waals surface area (Å²) in [5.74, 6) is 1.43. The number of H-pyrrole nitrogens is 1. The Kier molecular flexibility index (Phi) is 3.50. The first-order valence-corrected chi connectivity index (χ1v) is 7.46. The van der Waals surface area contributed by atoms with Crippen LogP contribution in [0.2, 0.25) is 0 Å². The standard InChI is InChI=1S/C15H12N4OS/c1-20-13-6-10(21-2)3-4-11(13)14-18-12-5-9(7-16)8-17-15(12)19-14/h3-6,8H,1-2H3,(H,17,18,19). The van der Waals surface area contributed by atoms with Crippen LogP contribution in [0.3, 0.4) is 0 Å². The fraction of sp³-hybridized carbons (Fsp3) is 0.133. The molecule has 3 aromatic rings. The van der Waals surface area contributed by atoms with Crippen LogP contribution < -0.4 is 4.74 Å². The molecule has 0 spiro atoms. The van der Waals surface area contributed by atoms with Gasteiger partial charge in [0, 0.05) is 11.1 Å². The first-order valence-electron chi connectivity index (χ1n) is 6.23. The van der Waals surface area contributed by atoms with E-state index in [0.29, 0.717) is 17.0 Å². The highest BCUT2D eigenvalue weighted by atomic mass is 32.2. The Balaban J connectivity index is 2.14. The van der Waals surface area contributed by atoms with Crippen molar-refractivity contribution in [1.29, 1.82) is 5.26 Å². The lowest BCUT2D eigenvalue weighted by molar-refractivity contribution is 0.415. The van der Waals surface area contributed by atoms with Crippen molar-refractivity contribution in [2.75, 3.05) is 13.4 Å². The normalized spacial score (nSPS) is 10.5. The summed E-state index contributed by atoms with van der Waals surface area (Å²) in [6.07, 6.45) is 3.53. The molecule has 21 heavy (non-hydrogen) atoms. The molecule has 0 radical (unpaired) electrons. The average Bonchev–Trinajstić information content (AvgIpc) is 2.96. The van der Waals surface area contributed by atoms with Gasteiger partial charge in [-0.25, -0.2) is 9.97 Å². The number of aromatic nitrogens is 3. The van der Waals surface area contributed by atoms with Gasteiger partial charge >= 0.3 is 0 Å². The number of ether oxygens (including phenoxy) is 1. The van der Waals surface area contributed by atoms with E-state index >= 15 is 0 Å². The molecule has 1 N–H and O–H groups in total. The van der Waals surface area contributed by atoms with Gasteiger partial charge in [-0.3, -0.25) is 0 Å². The molecule has 0 aliphatic carbocycles. The number of nitrogens with one attached hydrogen (secondary N) is 1. The first-order chi connectivity index (χ1) is 10.2. The Hall–Kier alpha value is -2.52. The fourth-order valence-electron chi connectivity index (χ4n) is 2.08. The quantitative estimate of drug-likeness (QED) is 0.751. The molecular weight excluding hydrogens is 284 g/mol. The highest BCUT2D eigenvalue weighted by Crippen LogP contribution is 2.32. The molecule has 0 saturated carbocycles. The van der Waals surface area contributed by atoms with Crippen molar-refractivity contribution in [3.8, 4) is 23.2 Å². The van der Waals surface area contributed by atoms with Crippen LogP contribution in [0.1, 0.15) is 5.56 Å². The summed E-state index contributed by atoms with van der Waals surface area (Å²) in [7, 11) is 1.64. The monoisotopic (exact) mass is 296 g/mol. The predicted molar refractivity (Wildman–Crippen MR) is 82.4 cm³/mol. The fourth-order valence-corrected chi connectivity index (χ4v) is 2.51. The average molecular weight is 296 g/mol. The van der Waals surface area contributed by atoms with Gasteiger partial charge in [0.05, 0.1) is 23.8 Å². The highest BCUT2D eigenvalue weighted by Gasteiger charge is 2.12. The van der Waals surface area contributed by atoms with Crippen molar-refractivity contribution in [2.24, 2.45) is 0 Å². The van der Waals surface area contributed by atoms with Crippen molar-refractivity contribution < 1.29 is 4.74 Å². The van der Waals surface area contributed by atoms with E-state index in [1.54, 1.807) is 24.9 Å². The third-order valence-electron chi connectivity index (χ3n) is 3.13. The van der Waals surface area contributed by atoms with Gasteiger partial charge in [-0.2, -0.15) is 5.26 Å². The van der Waals surface area contributed by atoms with Crippen LogP contribution in [0.5, 0.6) is 5.75 Å². The molecule has 0 unspecified atom stereocenters. The number of rotatable bonds is 3. The second-order valence-electron chi connectivity index (χ2n) is 4.36. The van der Waals surface area contributed by atoms with Gasteiger partial charge in [-0.1, -0.05) is 0 Å². The Labute approximate surface area is 126 Å². The van der Waals surface area contributed by atoms with E-state index in [1.807, 2.05) is 24.5 Å². The highest BCUT2D eigenvalue weighted by molar-refractivity contribution is 7.98. The minimum atomic E-state index is 0.502. The summed E-state index contributed by atoms with van der Waals surface area (Å²) in [5, 5.41) is 8.91. The molecule has 0 fully saturated rings. The number of thioether (sulfide) groups is 1. The van der Waals surface area contributed by atoms with Gasteiger partial charge in [0.25, 0.3) is 0 Å². The van der Waals surface area contributed by atoms with E-state index in [4.69, 9.17) is 10.00 Å². The maximum atomic E-state index is 8.91. The van der Waals surface area contributed by atoms with Gasteiger partial charge in [-0.15, -0.1) is 11.8 Å². The van der Waals surface area contributed by atoms with Crippen LogP contribution in [0, 0.1) is 11.3 Å². The first kappa shape index (κ1) is 13.5. The van der Waals surface area contributed by atoms with Crippen LogP contribution in [-0.2, 0) is 0 Å². The van der Waals surface area contributed by atoms with Gasteiger partial charge < -0.3 is 9.72 Å². The van der Waals surface area contributed by atoms with Crippen LogP contribution in [0.4, 0.5) is 0 Å². The summed E-state index contributed by atoms with van der Waals surface area (Å²) in [5.41, 5.74) is 2.69. The van der Waals surface area contributed by atoms with Gasteiger partial charge in [0.2, 0.25) is 0 Å². The summed E-state index contributed by atoms with van der Waals surface area (Å²) in [4.78, 5) is 12.9. The molecule has 2 aromatic heterocycles. The Morgan fingerprint density at radius 2 is 2.19 bits per heavy atom. The molecule has 2 heterocycles. The number of imidazole rings is 1. The van der Waals surface area contributed by atoms with Crippen LogP contribution in [0.25, 0.3) is 22.6 Å². The van der Waals surface area contributed by atoms with Gasteiger partial charge in [0.15, 0.2) is 5.65 Å². The Morgan fingerprint density at radius 1 is 1.33 bits per heavy atom. The molecule has 5 nitrogen and oxygen atoms in total. The Morgan fingerprint density at radius 3 is 2.90 bits per heavy atom. The summed E-state index contributed by atoms with van der Waals surface area (Å²) < 4.78 is 5.44. The van der Waals surface area contributed by atoms with Crippen molar-refractivity contribution >= 4 is 22.9 Å². The van der Waals surface area contributed by atoms with Crippen molar-refractivity contribution in [3.05, 3.63) is 36.0 Å². The lowest BCUT2D eigenvalue weighted by Gasteiger charge is -2.07. The van der Waals surface area contributed by atoms with E-state index < -0.39 is 0 Å². The zero-order chi connectivity index (χ0) is 14.8. The van der Waals surface area contributed by atoms with Crippen molar-refractivity contribution in [2.45, 2.75) is 4.90 Å². The number of benzene rings is 1. The van der Waals surface area contributed by atoms with Gasteiger partial charge in [-0.05, 0) is 30.5 Å². The van der Waals surface area contributed by atoms with Crippen LogP contribution in [-0.4, -0.2) is 28.3 Å². The zero-order valence-electron chi connectivity index (χ0n) is 11.5. The van der Waals surface area contributed by atoms with E-state index in [2.05, 4.69) is 21.0 Å². The van der Waals surface area contributed by atoms with Crippen LogP contribution >= 0.6 is 11.8 Å². The molecule has 104 valence electrons. The smallest absolute Gasteiger partial charge is 0.178 e. The SMILES string of the molecule is COc1cc(SC)ccc1-c1nc2ncc(C#N)cc2[nH]1. The molecule has 6 heteroatoms. The minimum absolute atomic E-state index is 0.502. The van der Waals surface area contributed by atoms with Crippen LogP contribution in [0.15, 0.2) is 35.4 Å². The predicted octanol–water partition coefficient (Wildman–Crippen LogP) is 3.23. The third-order valence-corrected chi connectivity index (χ3v) is 3.86. The van der Waals surface area contributed by atoms with E-state index in [1.165, 1.54) is 6.20 Å². The molecule has 1 aromatic carbocycles. The summed E-state index contributed by atoms with van der Waals surface area (Å²) >= 11 is 1.65. The van der Waals surface area contributed by atoms with E-state index in [0.717, 1.165) is 21.7 Å². The maximum Gasteiger partial charge on any atom is 0.178 e. The van der Waals surface area contributed by atoms with Crippen molar-refractivity contribution in [3.63, 3.8) is 0 Å². The molecule has 0 aliphatic rings.